The fourth-order valence-corrected chi connectivity index (χ4v) is 3.26. The molecule has 1 saturated heterocycles. The first-order valence-electron chi connectivity index (χ1n) is 9.41. The van der Waals surface area contributed by atoms with E-state index < -0.39 is 0 Å². The summed E-state index contributed by atoms with van der Waals surface area (Å²) in [5.74, 6) is 2.01. The molecule has 2 heterocycles. The molecule has 1 unspecified atom stereocenters. The van der Waals surface area contributed by atoms with Crippen molar-refractivity contribution in [3.05, 3.63) is 41.8 Å². The van der Waals surface area contributed by atoms with Crippen molar-refractivity contribution < 1.29 is 18.4 Å². The van der Waals surface area contributed by atoms with E-state index in [1.54, 1.807) is 17.0 Å². The summed E-state index contributed by atoms with van der Waals surface area (Å²) in [4.78, 5) is 18.5. The lowest BCUT2D eigenvalue weighted by Crippen LogP contribution is -2.46. The van der Waals surface area contributed by atoms with Crippen molar-refractivity contribution in [1.29, 1.82) is 0 Å². The molecular formula is C19H23FN4O3. The highest BCUT2D eigenvalue weighted by Gasteiger charge is 2.30. The van der Waals surface area contributed by atoms with Crippen LogP contribution in [0, 0.1) is 11.7 Å². The van der Waals surface area contributed by atoms with Gasteiger partial charge in [0.15, 0.2) is 5.82 Å². The normalized spacial score (nSPS) is 19.7. The average Bonchev–Trinajstić information content (AvgIpc) is 3.43. The van der Waals surface area contributed by atoms with Gasteiger partial charge in [-0.05, 0) is 37.8 Å². The van der Waals surface area contributed by atoms with Gasteiger partial charge in [-0.3, -0.25) is 0 Å². The third-order valence-electron chi connectivity index (χ3n) is 4.90. The maximum absolute atomic E-state index is 13.2. The Kier molecular flexibility index (Phi) is 5.22. The summed E-state index contributed by atoms with van der Waals surface area (Å²) in [6, 6.07) is 5.98. The van der Waals surface area contributed by atoms with Crippen LogP contribution in [0.25, 0.3) is 0 Å². The zero-order chi connectivity index (χ0) is 18.6. The number of amides is 2. The second kappa shape index (κ2) is 7.94. The topological polar surface area (TPSA) is 80.5 Å². The zero-order valence-electron chi connectivity index (χ0n) is 15.1. The Morgan fingerprint density at radius 3 is 3.07 bits per heavy atom. The van der Waals surface area contributed by atoms with Gasteiger partial charge in [0.05, 0.1) is 13.2 Å². The van der Waals surface area contributed by atoms with Gasteiger partial charge in [-0.15, -0.1) is 0 Å². The smallest absolute Gasteiger partial charge is 0.317 e. The van der Waals surface area contributed by atoms with Gasteiger partial charge in [-0.25, -0.2) is 9.18 Å². The molecule has 144 valence electrons. The van der Waals surface area contributed by atoms with Crippen LogP contribution < -0.4 is 10.1 Å². The monoisotopic (exact) mass is 374 g/mol. The summed E-state index contributed by atoms with van der Waals surface area (Å²) in [5, 5.41) is 6.76. The number of piperidine rings is 1. The highest BCUT2D eigenvalue weighted by molar-refractivity contribution is 5.74. The van der Waals surface area contributed by atoms with Gasteiger partial charge < -0.3 is 19.5 Å². The van der Waals surface area contributed by atoms with Crippen LogP contribution in [0.15, 0.2) is 28.8 Å². The molecule has 7 nitrogen and oxygen atoms in total. The fraction of sp³-hybridized carbons (Fsp3) is 0.526. The third kappa shape index (κ3) is 4.75. The molecule has 0 radical (unpaired) electrons. The summed E-state index contributed by atoms with van der Waals surface area (Å²) in [7, 11) is 0. The first-order valence-corrected chi connectivity index (χ1v) is 9.41. The number of ether oxygens (including phenoxy) is 1. The van der Waals surface area contributed by atoms with E-state index >= 15 is 0 Å². The van der Waals surface area contributed by atoms with Crippen LogP contribution in [0.2, 0.25) is 0 Å². The van der Waals surface area contributed by atoms with E-state index in [9.17, 15) is 9.18 Å². The van der Waals surface area contributed by atoms with Crippen molar-refractivity contribution in [3.63, 3.8) is 0 Å². The molecule has 2 amide bonds. The molecule has 1 aliphatic carbocycles. The van der Waals surface area contributed by atoms with Crippen LogP contribution in [0.3, 0.4) is 0 Å². The number of hydrogen-bond donors (Lipinski definition) is 1. The van der Waals surface area contributed by atoms with Crippen LogP contribution in [-0.4, -0.2) is 40.8 Å². The van der Waals surface area contributed by atoms with Crippen molar-refractivity contribution in [2.24, 2.45) is 5.92 Å². The first kappa shape index (κ1) is 17.8. The maximum Gasteiger partial charge on any atom is 0.317 e. The second-order valence-corrected chi connectivity index (χ2v) is 7.20. The maximum atomic E-state index is 13.2. The number of nitrogens with one attached hydrogen (secondary N) is 1. The van der Waals surface area contributed by atoms with E-state index in [2.05, 4.69) is 15.5 Å². The highest BCUT2D eigenvalue weighted by atomic mass is 19.1. The Bertz CT molecular complexity index is 793. The van der Waals surface area contributed by atoms with E-state index in [1.807, 2.05) is 0 Å². The summed E-state index contributed by atoms with van der Waals surface area (Å²) in [5.41, 5.74) is 0. The minimum absolute atomic E-state index is 0.136. The number of carbonyl (C=O) groups is 1. The molecular weight excluding hydrogens is 351 g/mol. The number of aromatic nitrogens is 2. The lowest BCUT2D eigenvalue weighted by Gasteiger charge is -2.32. The van der Waals surface area contributed by atoms with Crippen LogP contribution in [0.5, 0.6) is 5.75 Å². The number of urea groups is 1. The van der Waals surface area contributed by atoms with Crippen LogP contribution in [-0.2, 0) is 6.54 Å². The Balaban J connectivity index is 1.23. The molecule has 1 aliphatic heterocycles. The van der Waals surface area contributed by atoms with Gasteiger partial charge in [0.2, 0.25) is 5.89 Å². The standard InChI is InChI=1S/C19H23FN4O3/c20-15-4-1-5-16(9-15)26-12-13-3-2-8-24(11-13)19(25)21-10-17-22-18(27-23-17)14-6-7-14/h1,4-5,9,13-14H,2-3,6-8,10-12H2,(H,21,25). The lowest BCUT2D eigenvalue weighted by atomic mass is 9.99. The van der Waals surface area contributed by atoms with Gasteiger partial charge in [0, 0.05) is 31.0 Å². The van der Waals surface area contributed by atoms with Crippen molar-refractivity contribution in [3.8, 4) is 5.75 Å². The lowest BCUT2D eigenvalue weighted by molar-refractivity contribution is 0.137. The van der Waals surface area contributed by atoms with E-state index in [0.29, 0.717) is 43.1 Å². The predicted octanol–water partition coefficient (Wildman–Crippen LogP) is 3.09. The summed E-state index contributed by atoms with van der Waals surface area (Å²) >= 11 is 0. The van der Waals surface area contributed by atoms with Crippen molar-refractivity contribution in [1.82, 2.24) is 20.4 Å². The molecule has 4 rings (SSSR count). The Hall–Kier alpha value is -2.64. The zero-order valence-corrected chi connectivity index (χ0v) is 15.1. The van der Waals surface area contributed by atoms with Gasteiger partial charge >= 0.3 is 6.03 Å². The molecule has 2 aliphatic rings. The van der Waals surface area contributed by atoms with E-state index in [4.69, 9.17) is 9.26 Å². The molecule has 27 heavy (non-hydrogen) atoms. The number of halogens is 1. The van der Waals surface area contributed by atoms with Gasteiger partial charge in [-0.1, -0.05) is 11.2 Å². The average molecular weight is 374 g/mol. The Morgan fingerprint density at radius 2 is 2.26 bits per heavy atom. The SMILES string of the molecule is O=C(NCc1noc(C2CC2)n1)N1CCCC(COc2cccc(F)c2)C1. The predicted molar refractivity (Wildman–Crippen MR) is 94.7 cm³/mol. The molecule has 1 aromatic carbocycles. The number of rotatable bonds is 6. The Labute approximate surface area is 156 Å². The highest BCUT2D eigenvalue weighted by Crippen LogP contribution is 2.38. The quantitative estimate of drug-likeness (QED) is 0.840. The fourth-order valence-electron chi connectivity index (χ4n) is 3.26. The van der Waals surface area contributed by atoms with Gasteiger partial charge in [0.1, 0.15) is 11.6 Å². The number of hydrogen-bond acceptors (Lipinski definition) is 5. The number of likely N-dealkylation sites (tertiary alicyclic amines) is 1. The molecule has 1 atom stereocenters. The third-order valence-corrected chi connectivity index (χ3v) is 4.90. The first-order chi connectivity index (χ1) is 13.2. The van der Waals surface area contributed by atoms with E-state index in [1.165, 1.54) is 12.1 Å². The molecule has 1 N–H and O–H groups in total. The number of benzene rings is 1. The Morgan fingerprint density at radius 1 is 1.37 bits per heavy atom. The summed E-state index contributed by atoms with van der Waals surface area (Å²) in [6.45, 7) is 2.04. The summed E-state index contributed by atoms with van der Waals surface area (Å²) < 4.78 is 24.1. The minimum atomic E-state index is -0.316. The number of nitrogens with zero attached hydrogens (tertiary/aromatic N) is 3. The molecule has 1 saturated carbocycles. The van der Waals surface area contributed by atoms with Gasteiger partial charge in [0.25, 0.3) is 0 Å². The van der Waals surface area contributed by atoms with E-state index in [0.717, 1.165) is 25.7 Å². The molecule has 0 spiro atoms. The van der Waals surface area contributed by atoms with Gasteiger partial charge in [-0.2, -0.15) is 4.98 Å². The molecule has 8 heteroatoms. The molecule has 1 aromatic heterocycles. The molecule has 2 fully saturated rings. The second-order valence-electron chi connectivity index (χ2n) is 7.20. The van der Waals surface area contributed by atoms with Crippen LogP contribution in [0.1, 0.15) is 43.3 Å². The molecule has 0 bridgehead atoms. The van der Waals surface area contributed by atoms with Crippen LogP contribution in [0.4, 0.5) is 9.18 Å². The van der Waals surface area contributed by atoms with E-state index in [-0.39, 0.29) is 24.3 Å². The minimum Gasteiger partial charge on any atom is -0.493 e. The van der Waals surface area contributed by atoms with Crippen molar-refractivity contribution >= 4 is 6.03 Å². The molecule has 2 aromatic rings. The number of carbonyl (C=O) groups excluding carboxylic acids is 1. The van der Waals surface area contributed by atoms with Crippen molar-refractivity contribution in [2.45, 2.75) is 38.1 Å². The summed E-state index contributed by atoms with van der Waals surface area (Å²) in [6.07, 6.45) is 4.09. The largest absolute Gasteiger partial charge is 0.493 e. The van der Waals surface area contributed by atoms with Crippen molar-refractivity contribution in [2.75, 3.05) is 19.7 Å². The van der Waals surface area contributed by atoms with Crippen LogP contribution >= 0.6 is 0 Å².